The Labute approximate surface area is 213 Å². The Morgan fingerprint density at radius 3 is 2.53 bits per heavy atom. The molecule has 1 aliphatic heterocycles. The van der Waals surface area contributed by atoms with E-state index >= 15 is 0 Å². The number of hydrogen-bond donors (Lipinski definition) is 2. The molecule has 4 rings (SSSR count). The average Bonchev–Trinajstić information content (AvgIpc) is 3.15. The van der Waals surface area contributed by atoms with Gasteiger partial charge in [0.15, 0.2) is 17.0 Å². The lowest BCUT2D eigenvalue weighted by atomic mass is 10.2. The maximum Gasteiger partial charge on any atom is 0.260 e. The molecular formula is C26H24Cl2N2O3S. The number of carbonyl (C=O) groups excluding carboxylic acids is 1. The van der Waals surface area contributed by atoms with Crippen molar-refractivity contribution in [2.24, 2.45) is 0 Å². The lowest BCUT2D eigenvalue weighted by Crippen LogP contribution is -2.31. The molecule has 0 spiro atoms. The van der Waals surface area contributed by atoms with Crippen LogP contribution in [0.2, 0.25) is 10.0 Å². The number of hydrogen-bond acceptors (Lipinski definition) is 5. The fraction of sp³-hybridized carbons (Fsp3) is 0.192. The lowest BCUT2D eigenvalue weighted by Gasteiger charge is -2.15. The van der Waals surface area contributed by atoms with E-state index in [0.29, 0.717) is 39.7 Å². The van der Waals surface area contributed by atoms with Crippen LogP contribution in [0.5, 0.6) is 11.5 Å². The summed E-state index contributed by atoms with van der Waals surface area (Å²) in [5, 5.41) is 7.60. The normalized spacial score (nSPS) is 16.4. The SMILES string of the molecule is CCOc1cc(/C=C2\SC(Nc3cc(Cl)ccc3C)NC2=O)ccc1OCc1ccc(Cl)cc1. The van der Waals surface area contributed by atoms with E-state index in [1.54, 1.807) is 0 Å². The van der Waals surface area contributed by atoms with E-state index in [4.69, 9.17) is 32.7 Å². The van der Waals surface area contributed by atoms with Crippen LogP contribution in [0.25, 0.3) is 6.08 Å². The summed E-state index contributed by atoms with van der Waals surface area (Å²) in [6.45, 7) is 4.80. The van der Waals surface area contributed by atoms with E-state index < -0.39 is 0 Å². The number of rotatable bonds is 8. The summed E-state index contributed by atoms with van der Waals surface area (Å²) in [6, 6.07) is 18.8. The van der Waals surface area contributed by atoms with Crippen molar-refractivity contribution < 1.29 is 14.3 Å². The highest BCUT2D eigenvalue weighted by molar-refractivity contribution is 8.05. The van der Waals surface area contributed by atoms with Crippen LogP contribution in [0.3, 0.4) is 0 Å². The molecule has 8 heteroatoms. The third-order valence-corrected chi connectivity index (χ3v) is 6.61. The van der Waals surface area contributed by atoms with E-state index in [2.05, 4.69) is 10.6 Å². The van der Waals surface area contributed by atoms with Gasteiger partial charge in [-0.1, -0.05) is 59.2 Å². The minimum Gasteiger partial charge on any atom is -0.490 e. The summed E-state index contributed by atoms with van der Waals surface area (Å²) in [6.07, 6.45) is 1.85. The Kier molecular flexibility index (Phi) is 7.93. The minimum atomic E-state index is -0.288. The molecule has 3 aromatic rings. The predicted octanol–water partition coefficient (Wildman–Crippen LogP) is 6.88. The van der Waals surface area contributed by atoms with Crippen LogP contribution < -0.4 is 20.1 Å². The molecule has 1 saturated heterocycles. The number of halogens is 2. The molecule has 0 saturated carbocycles. The Balaban J connectivity index is 1.47. The van der Waals surface area contributed by atoms with Crippen LogP contribution >= 0.6 is 35.0 Å². The van der Waals surface area contributed by atoms with Crippen molar-refractivity contribution in [2.45, 2.75) is 26.0 Å². The quantitative estimate of drug-likeness (QED) is 0.321. The lowest BCUT2D eigenvalue weighted by molar-refractivity contribution is -0.116. The van der Waals surface area contributed by atoms with Gasteiger partial charge < -0.3 is 20.1 Å². The van der Waals surface area contributed by atoms with Crippen molar-refractivity contribution in [3.05, 3.63) is 92.3 Å². The first-order valence-corrected chi connectivity index (χ1v) is 12.4. The zero-order valence-corrected chi connectivity index (χ0v) is 21.1. The highest BCUT2D eigenvalue weighted by Gasteiger charge is 2.27. The van der Waals surface area contributed by atoms with Crippen molar-refractivity contribution in [1.82, 2.24) is 5.32 Å². The van der Waals surface area contributed by atoms with E-state index in [9.17, 15) is 4.79 Å². The molecule has 5 nitrogen and oxygen atoms in total. The Bertz CT molecular complexity index is 1220. The topological polar surface area (TPSA) is 59.6 Å². The van der Waals surface area contributed by atoms with E-state index in [1.165, 1.54) is 11.8 Å². The second kappa shape index (κ2) is 11.1. The smallest absolute Gasteiger partial charge is 0.260 e. The number of thioether (sulfide) groups is 1. The van der Waals surface area contributed by atoms with Crippen molar-refractivity contribution in [1.29, 1.82) is 0 Å². The molecule has 1 unspecified atom stereocenters. The standard InChI is InChI=1S/C26H24Cl2N2O3S/c1-3-32-23-12-18(7-11-22(23)33-15-17-5-9-19(27)10-6-17)13-24-25(31)30-26(34-24)29-21-14-20(28)8-4-16(21)2/h4-14,26,29H,3,15H2,1-2H3,(H,30,31)/b24-13-. The molecule has 1 atom stereocenters. The van der Waals surface area contributed by atoms with Gasteiger partial charge in [0.25, 0.3) is 5.91 Å². The maximum absolute atomic E-state index is 12.6. The average molecular weight is 515 g/mol. The molecule has 2 N–H and O–H groups in total. The number of carbonyl (C=O) groups is 1. The zero-order chi connectivity index (χ0) is 24.1. The Hall–Kier alpha value is -2.80. The van der Waals surface area contributed by atoms with Crippen molar-refractivity contribution in [2.75, 3.05) is 11.9 Å². The van der Waals surface area contributed by atoms with Crippen molar-refractivity contribution >= 4 is 52.6 Å². The summed E-state index contributed by atoms with van der Waals surface area (Å²) in [5.41, 5.74) is 3.49. The van der Waals surface area contributed by atoms with Crippen LogP contribution in [-0.2, 0) is 11.4 Å². The minimum absolute atomic E-state index is 0.136. The Morgan fingerprint density at radius 2 is 1.76 bits per heavy atom. The number of nitrogens with one attached hydrogen (secondary N) is 2. The molecule has 1 heterocycles. The van der Waals surface area contributed by atoms with Crippen LogP contribution in [0.15, 0.2) is 65.6 Å². The molecule has 0 aromatic heterocycles. The molecule has 34 heavy (non-hydrogen) atoms. The highest BCUT2D eigenvalue weighted by atomic mass is 35.5. The van der Waals surface area contributed by atoms with Gasteiger partial charge in [-0.05, 0) is 73.0 Å². The predicted molar refractivity (Wildman–Crippen MR) is 141 cm³/mol. The van der Waals surface area contributed by atoms with Gasteiger partial charge in [0, 0.05) is 15.7 Å². The van der Waals surface area contributed by atoms with Gasteiger partial charge in [0.2, 0.25) is 0 Å². The van der Waals surface area contributed by atoms with Gasteiger partial charge in [-0.3, -0.25) is 4.79 Å². The second-order valence-electron chi connectivity index (χ2n) is 7.64. The monoisotopic (exact) mass is 514 g/mol. The number of amides is 1. The van der Waals surface area contributed by atoms with Crippen molar-refractivity contribution in [3.63, 3.8) is 0 Å². The van der Waals surface area contributed by atoms with Gasteiger partial charge in [0.1, 0.15) is 6.61 Å². The third-order valence-electron chi connectivity index (χ3n) is 5.09. The molecular weight excluding hydrogens is 491 g/mol. The van der Waals surface area contributed by atoms with Crippen LogP contribution in [0.1, 0.15) is 23.6 Å². The maximum atomic E-state index is 12.6. The molecule has 1 aliphatic rings. The molecule has 0 aliphatic carbocycles. The second-order valence-corrected chi connectivity index (χ2v) is 9.66. The molecule has 1 fully saturated rings. The van der Waals surface area contributed by atoms with Crippen molar-refractivity contribution in [3.8, 4) is 11.5 Å². The molecule has 176 valence electrons. The highest BCUT2D eigenvalue weighted by Crippen LogP contribution is 2.34. The van der Waals surface area contributed by atoms with Gasteiger partial charge in [-0.25, -0.2) is 0 Å². The first kappa shape index (κ1) is 24.3. The van der Waals surface area contributed by atoms with E-state index in [0.717, 1.165) is 22.4 Å². The van der Waals surface area contributed by atoms with E-state index in [1.807, 2.05) is 80.6 Å². The molecule has 0 radical (unpaired) electrons. The molecule has 1 amide bonds. The molecule has 3 aromatic carbocycles. The summed E-state index contributed by atoms with van der Waals surface area (Å²) >= 11 is 13.5. The molecule has 0 bridgehead atoms. The van der Waals surface area contributed by atoms with Crippen LogP contribution in [-0.4, -0.2) is 18.0 Å². The number of benzene rings is 3. The fourth-order valence-corrected chi connectivity index (χ4v) is 4.63. The number of ether oxygens (including phenoxy) is 2. The number of aryl methyl sites for hydroxylation is 1. The Morgan fingerprint density at radius 1 is 1.00 bits per heavy atom. The van der Waals surface area contributed by atoms with E-state index in [-0.39, 0.29) is 11.4 Å². The summed E-state index contributed by atoms with van der Waals surface area (Å²) in [4.78, 5) is 13.2. The third kappa shape index (κ3) is 6.20. The zero-order valence-electron chi connectivity index (χ0n) is 18.7. The van der Waals surface area contributed by atoms with Gasteiger partial charge in [0.05, 0.1) is 11.5 Å². The summed E-state index contributed by atoms with van der Waals surface area (Å²) in [7, 11) is 0. The van der Waals surface area contributed by atoms with Crippen LogP contribution in [0.4, 0.5) is 5.69 Å². The summed E-state index contributed by atoms with van der Waals surface area (Å²) < 4.78 is 11.8. The first-order valence-electron chi connectivity index (χ1n) is 10.8. The number of anilines is 1. The summed E-state index contributed by atoms with van der Waals surface area (Å²) in [5.74, 6) is 1.13. The van der Waals surface area contributed by atoms with Crippen LogP contribution in [0, 0.1) is 6.92 Å². The van der Waals surface area contributed by atoms with Gasteiger partial charge in [-0.15, -0.1) is 0 Å². The van der Waals surface area contributed by atoms with Gasteiger partial charge >= 0.3 is 0 Å². The fourth-order valence-electron chi connectivity index (χ4n) is 3.35. The largest absolute Gasteiger partial charge is 0.490 e. The van der Waals surface area contributed by atoms with Gasteiger partial charge in [-0.2, -0.15) is 0 Å². The first-order chi connectivity index (χ1) is 16.4.